The van der Waals surface area contributed by atoms with Gasteiger partial charge < -0.3 is 14.4 Å². The Morgan fingerprint density at radius 1 is 1.31 bits per heavy atom. The maximum Gasteiger partial charge on any atom is 0.230 e. The van der Waals surface area contributed by atoms with E-state index in [1.165, 1.54) is 0 Å². The number of hydrogen-bond acceptors (Lipinski definition) is 3. The van der Waals surface area contributed by atoms with Crippen LogP contribution in [0.3, 0.4) is 0 Å². The molecule has 4 heteroatoms. The van der Waals surface area contributed by atoms with E-state index >= 15 is 0 Å². The van der Waals surface area contributed by atoms with Crippen molar-refractivity contribution in [3.8, 4) is 0 Å². The van der Waals surface area contributed by atoms with E-state index in [-0.39, 0.29) is 23.3 Å². The number of morpholine rings is 1. The van der Waals surface area contributed by atoms with Crippen molar-refractivity contribution in [3.63, 3.8) is 0 Å². The van der Waals surface area contributed by atoms with Gasteiger partial charge in [-0.15, -0.1) is 0 Å². The topological polar surface area (TPSA) is 38.8 Å². The van der Waals surface area contributed by atoms with Crippen LogP contribution in [0, 0.1) is 11.3 Å². The SMILES string of the molecule is CC(C)(C)C1CN(C(=O)C2COC2)CCO1. The fraction of sp³-hybridized carbons (Fsp3) is 0.917. The zero-order chi connectivity index (χ0) is 11.8. The Labute approximate surface area is 96.9 Å². The van der Waals surface area contributed by atoms with Crippen LogP contribution >= 0.6 is 0 Å². The molecule has 0 aromatic carbocycles. The molecular weight excluding hydrogens is 206 g/mol. The van der Waals surface area contributed by atoms with Crippen LogP contribution in [0.1, 0.15) is 20.8 Å². The lowest BCUT2D eigenvalue weighted by Gasteiger charge is -2.41. The molecule has 0 N–H and O–H groups in total. The molecule has 2 fully saturated rings. The second-order valence-corrected chi connectivity index (χ2v) is 5.74. The summed E-state index contributed by atoms with van der Waals surface area (Å²) in [7, 11) is 0. The summed E-state index contributed by atoms with van der Waals surface area (Å²) in [5.41, 5.74) is 0.0923. The van der Waals surface area contributed by atoms with Crippen molar-refractivity contribution in [2.24, 2.45) is 11.3 Å². The number of hydrogen-bond donors (Lipinski definition) is 0. The fourth-order valence-corrected chi connectivity index (χ4v) is 2.01. The van der Waals surface area contributed by atoms with Gasteiger partial charge in [-0.1, -0.05) is 20.8 Å². The summed E-state index contributed by atoms with van der Waals surface area (Å²) in [4.78, 5) is 14.0. The zero-order valence-electron chi connectivity index (χ0n) is 10.4. The van der Waals surface area contributed by atoms with Crippen LogP contribution in [-0.2, 0) is 14.3 Å². The number of ether oxygens (including phenoxy) is 2. The number of nitrogens with zero attached hydrogens (tertiary/aromatic N) is 1. The van der Waals surface area contributed by atoms with Crippen LogP contribution < -0.4 is 0 Å². The Morgan fingerprint density at radius 3 is 2.50 bits per heavy atom. The molecule has 1 amide bonds. The Morgan fingerprint density at radius 2 is 2.00 bits per heavy atom. The first-order chi connectivity index (χ1) is 7.48. The highest BCUT2D eigenvalue weighted by atomic mass is 16.5. The van der Waals surface area contributed by atoms with Gasteiger partial charge in [0, 0.05) is 13.1 Å². The molecule has 0 aromatic rings. The van der Waals surface area contributed by atoms with Gasteiger partial charge in [-0.3, -0.25) is 4.79 Å². The van der Waals surface area contributed by atoms with Crippen molar-refractivity contribution < 1.29 is 14.3 Å². The molecule has 0 aromatic heterocycles. The van der Waals surface area contributed by atoms with E-state index in [2.05, 4.69) is 20.8 Å². The van der Waals surface area contributed by atoms with Crippen molar-refractivity contribution in [2.45, 2.75) is 26.9 Å². The maximum absolute atomic E-state index is 12.0. The van der Waals surface area contributed by atoms with Gasteiger partial charge >= 0.3 is 0 Å². The summed E-state index contributed by atoms with van der Waals surface area (Å²) >= 11 is 0. The summed E-state index contributed by atoms with van der Waals surface area (Å²) < 4.78 is 10.8. The predicted octanol–water partition coefficient (Wildman–Crippen LogP) is 0.906. The summed E-state index contributed by atoms with van der Waals surface area (Å²) in [6, 6.07) is 0. The summed E-state index contributed by atoms with van der Waals surface area (Å²) in [5, 5.41) is 0. The first-order valence-corrected chi connectivity index (χ1v) is 5.96. The third kappa shape index (κ3) is 2.38. The molecule has 0 spiro atoms. The van der Waals surface area contributed by atoms with E-state index in [4.69, 9.17) is 9.47 Å². The van der Waals surface area contributed by atoms with Gasteiger partial charge in [-0.05, 0) is 5.41 Å². The highest BCUT2D eigenvalue weighted by Crippen LogP contribution is 2.26. The minimum Gasteiger partial charge on any atom is -0.380 e. The standard InChI is InChI=1S/C12H21NO3/c1-12(2,3)10-6-13(4-5-16-10)11(14)9-7-15-8-9/h9-10H,4-8H2,1-3H3. The molecule has 2 heterocycles. The van der Waals surface area contributed by atoms with E-state index in [9.17, 15) is 4.79 Å². The summed E-state index contributed by atoms with van der Waals surface area (Å²) in [6.07, 6.45) is 0.145. The Bertz CT molecular complexity index is 268. The predicted molar refractivity (Wildman–Crippen MR) is 60.1 cm³/mol. The average molecular weight is 227 g/mol. The van der Waals surface area contributed by atoms with Crippen molar-refractivity contribution in [1.29, 1.82) is 0 Å². The van der Waals surface area contributed by atoms with Gasteiger partial charge in [0.15, 0.2) is 0 Å². The lowest BCUT2D eigenvalue weighted by molar-refractivity contribution is -0.160. The van der Waals surface area contributed by atoms with Crippen molar-refractivity contribution in [1.82, 2.24) is 4.90 Å². The highest BCUT2D eigenvalue weighted by molar-refractivity contribution is 5.79. The summed E-state index contributed by atoms with van der Waals surface area (Å²) in [6.45, 7) is 9.74. The minimum atomic E-state index is 0.0923. The fourth-order valence-electron chi connectivity index (χ4n) is 2.01. The van der Waals surface area contributed by atoms with Gasteiger partial charge in [0.2, 0.25) is 5.91 Å². The average Bonchev–Trinajstić information content (AvgIpc) is 2.14. The molecule has 2 saturated heterocycles. The van der Waals surface area contributed by atoms with Crippen LogP contribution in [0.15, 0.2) is 0 Å². The lowest BCUT2D eigenvalue weighted by atomic mass is 9.87. The third-order valence-electron chi connectivity index (χ3n) is 3.33. The van der Waals surface area contributed by atoms with Crippen molar-refractivity contribution in [3.05, 3.63) is 0 Å². The van der Waals surface area contributed by atoms with E-state index < -0.39 is 0 Å². The van der Waals surface area contributed by atoms with E-state index in [1.807, 2.05) is 4.90 Å². The van der Waals surface area contributed by atoms with Crippen LogP contribution in [0.25, 0.3) is 0 Å². The zero-order valence-corrected chi connectivity index (χ0v) is 10.4. The molecule has 4 nitrogen and oxygen atoms in total. The molecule has 1 atom stereocenters. The first-order valence-electron chi connectivity index (χ1n) is 5.96. The normalized spacial score (nSPS) is 27.7. The third-order valence-corrected chi connectivity index (χ3v) is 3.33. The monoisotopic (exact) mass is 227 g/mol. The molecule has 92 valence electrons. The second-order valence-electron chi connectivity index (χ2n) is 5.74. The molecule has 0 aliphatic carbocycles. The highest BCUT2D eigenvalue weighted by Gasteiger charge is 2.36. The summed E-state index contributed by atoms with van der Waals surface area (Å²) in [5.74, 6) is 0.336. The molecule has 1 unspecified atom stereocenters. The second kappa shape index (κ2) is 4.34. The quantitative estimate of drug-likeness (QED) is 0.668. The minimum absolute atomic E-state index is 0.0923. The van der Waals surface area contributed by atoms with Gasteiger partial charge in [0.25, 0.3) is 0 Å². The van der Waals surface area contributed by atoms with Gasteiger partial charge in [-0.25, -0.2) is 0 Å². The van der Waals surface area contributed by atoms with Gasteiger partial charge in [-0.2, -0.15) is 0 Å². The maximum atomic E-state index is 12.0. The first kappa shape index (κ1) is 11.9. The molecular formula is C12H21NO3. The lowest BCUT2D eigenvalue weighted by Crippen LogP contribution is -2.54. The number of rotatable bonds is 1. The molecule has 0 bridgehead atoms. The largest absolute Gasteiger partial charge is 0.380 e. The van der Waals surface area contributed by atoms with Crippen LogP contribution in [0.4, 0.5) is 0 Å². The van der Waals surface area contributed by atoms with E-state index in [0.717, 1.165) is 13.1 Å². The van der Waals surface area contributed by atoms with E-state index in [0.29, 0.717) is 19.8 Å². The Hall–Kier alpha value is -0.610. The van der Waals surface area contributed by atoms with Gasteiger partial charge in [0.05, 0.1) is 31.8 Å². The molecule has 2 aliphatic heterocycles. The van der Waals surface area contributed by atoms with Crippen LogP contribution in [0.2, 0.25) is 0 Å². The van der Waals surface area contributed by atoms with Crippen LogP contribution in [-0.4, -0.2) is 49.8 Å². The molecule has 0 radical (unpaired) electrons. The molecule has 2 aliphatic rings. The van der Waals surface area contributed by atoms with E-state index in [1.54, 1.807) is 0 Å². The Balaban J connectivity index is 1.93. The number of amides is 1. The Kier molecular flexibility index (Phi) is 3.22. The number of carbonyl (C=O) groups excluding carboxylic acids is 1. The van der Waals surface area contributed by atoms with Gasteiger partial charge in [0.1, 0.15) is 0 Å². The smallest absolute Gasteiger partial charge is 0.230 e. The molecule has 2 rings (SSSR count). The van der Waals surface area contributed by atoms with Crippen molar-refractivity contribution >= 4 is 5.91 Å². The molecule has 0 saturated carbocycles. The van der Waals surface area contributed by atoms with Crippen molar-refractivity contribution in [2.75, 3.05) is 32.9 Å². The number of carbonyl (C=O) groups is 1. The van der Waals surface area contributed by atoms with Crippen LogP contribution in [0.5, 0.6) is 0 Å². The molecule has 16 heavy (non-hydrogen) atoms.